The normalized spacial score (nSPS) is 11.2. The van der Waals surface area contributed by atoms with Gasteiger partial charge in [0.25, 0.3) is 5.69 Å². The van der Waals surface area contributed by atoms with E-state index in [4.69, 9.17) is 0 Å². The molecule has 0 radical (unpaired) electrons. The maximum Gasteiger partial charge on any atom is 0.276 e. The van der Waals surface area contributed by atoms with E-state index < -0.39 is 16.5 Å². The van der Waals surface area contributed by atoms with Crippen molar-refractivity contribution in [1.29, 1.82) is 5.26 Å². The molecule has 0 fully saturated rings. The van der Waals surface area contributed by atoms with Crippen LogP contribution in [0.4, 0.5) is 10.1 Å². The molecule has 0 aliphatic heterocycles. The second-order valence-corrected chi connectivity index (χ2v) is 6.39. The molecule has 0 spiro atoms. The summed E-state index contributed by atoms with van der Waals surface area (Å²) in [4.78, 5) is 23.6. The number of para-hydroxylation sites is 2. The molecule has 0 saturated heterocycles. The number of nitro benzene ring substituents is 1. The topological polar surface area (TPSA) is 88.9 Å². The van der Waals surface area contributed by atoms with Crippen molar-refractivity contribution in [1.82, 2.24) is 4.57 Å². The fourth-order valence-electron chi connectivity index (χ4n) is 3.22. The SMILES string of the molecule is Cc1cc(C(=O)C(C#N)=Cc2ccccc2[N+](=O)[O-])c(C)n1-c1ccccc1F. The van der Waals surface area contributed by atoms with E-state index in [2.05, 4.69) is 0 Å². The molecule has 0 amide bonds. The van der Waals surface area contributed by atoms with Crippen LogP contribution in [0.5, 0.6) is 0 Å². The fraction of sp³-hybridized carbons (Fsp3) is 0.0909. The monoisotopic (exact) mass is 389 g/mol. The van der Waals surface area contributed by atoms with E-state index in [1.54, 1.807) is 48.7 Å². The van der Waals surface area contributed by atoms with Gasteiger partial charge in [-0.3, -0.25) is 14.9 Å². The third-order valence-electron chi connectivity index (χ3n) is 4.57. The lowest BCUT2D eigenvalue weighted by atomic mass is 10.0. The van der Waals surface area contributed by atoms with Crippen LogP contribution in [0.3, 0.4) is 0 Å². The number of Topliss-reactive ketones (excluding diaryl/α,β-unsaturated/α-hetero) is 1. The van der Waals surface area contributed by atoms with Gasteiger partial charge in [-0.2, -0.15) is 5.26 Å². The quantitative estimate of drug-likeness (QED) is 0.203. The molecule has 0 aliphatic rings. The van der Waals surface area contributed by atoms with Crippen LogP contribution in [-0.2, 0) is 0 Å². The van der Waals surface area contributed by atoms with Crippen molar-refractivity contribution in [2.75, 3.05) is 0 Å². The van der Waals surface area contributed by atoms with Crippen molar-refractivity contribution in [2.24, 2.45) is 0 Å². The Labute approximate surface area is 166 Å². The molecule has 144 valence electrons. The van der Waals surface area contributed by atoms with Crippen LogP contribution in [0.25, 0.3) is 11.8 Å². The molecule has 3 rings (SSSR count). The summed E-state index contributed by atoms with van der Waals surface area (Å²) in [6.45, 7) is 3.39. The molecular weight excluding hydrogens is 373 g/mol. The third-order valence-corrected chi connectivity index (χ3v) is 4.57. The Balaban J connectivity index is 2.09. The number of halogens is 1. The number of carbonyl (C=O) groups is 1. The Hall–Kier alpha value is -4.05. The Morgan fingerprint density at radius 1 is 1.17 bits per heavy atom. The van der Waals surface area contributed by atoms with E-state index in [0.717, 1.165) is 0 Å². The maximum atomic E-state index is 14.2. The third kappa shape index (κ3) is 3.69. The van der Waals surface area contributed by atoms with Gasteiger partial charge in [-0.05, 0) is 44.2 Å². The number of carbonyl (C=O) groups excluding carboxylic acids is 1. The van der Waals surface area contributed by atoms with Crippen LogP contribution in [0.1, 0.15) is 27.3 Å². The second-order valence-electron chi connectivity index (χ2n) is 6.39. The molecule has 1 heterocycles. The van der Waals surface area contributed by atoms with E-state index in [-0.39, 0.29) is 22.4 Å². The number of nitriles is 1. The summed E-state index contributed by atoms with van der Waals surface area (Å²) in [6, 6.07) is 15.4. The van der Waals surface area contributed by atoms with Crippen molar-refractivity contribution in [3.8, 4) is 11.8 Å². The molecule has 7 heteroatoms. The van der Waals surface area contributed by atoms with E-state index in [0.29, 0.717) is 17.1 Å². The molecule has 0 aliphatic carbocycles. The summed E-state index contributed by atoms with van der Waals surface area (Å²) in [5.74, 6) is -1.02. The molecule has 6 nitrogen and oxygen atoms in total. The molecule has 0 bridgehead atoms. The summed E-state index contributed by atoms with van der Waals surface area (Å²) in [5, 5.41) is 20.7. The molecule has 29 heavy (non-hydrogen) atoms. The molecule has 0 N–H and O–H groups in total. The number of aryl methyl sites for hydroxylation is 1. The number of nitrogens with zero attached hydrogens (tertiary/aromatic N) is 3. The second kappa shape index (κ2) is 7.90. The van der Waals surface area contributed by atoms with Crippen molar-refractivity contribution < 1.29 is 14.1 Å². The number of aromatic nitrogens is 1. The van der Waals surface area contributed by atoms with Gasteiger partial charge in [0.2, 0.25) is 5.78 Å². The highest BCUT2D eigenvalue weighted by Crippen LogP contribution is 2.26. The summed E-state index contributed by atoms with van der Waals surface area (Å²) >= 11 is 0. The fourth-order valence-corrected chi connectivity index (χ4v) is 3.22. The Morgan fingerprint density at radius 2 is 1.83 bits per heavy atom. The van der Waals surface area contributed by atoms with E-state index in [9.17, 15) is 24.6 Å². The first kappa shape index (κ1) is 19.7. The summed E-state index contributed by atoms with van der Waals surface area (Å²) in [7, 11) is 0. The molecule has 0 saturated carbocycles. The van der Waals surface area contributed by atoms with Crippen LogP contribution in [0, 0.1) is 41.1 Å². The summed E-state index contributed by atoms with van der Waals surface area (Å²) in [6.07, 6.45) is 1.20. The smallest absolute Gasteiger partial charge is 0.276 e. The van der Waals surface area contributed by atoms with Crippen molar-refractivity contribution in [3.05, 3.63) is 98.6 Å². The van der Waals surface area contributed by atoms with Gasteiger partial charge in [-0.25, -0.2) is 4.39 Å². The highest BCUT2D eigenvalue weighted by Gasteiger charge is 2.22. The van der Waals surface area contributed by atoms with Gasteiger partial charge in [-0.1, -0.05) is 24.3 Å². The lowest BCUT2D eigenvalue weighted by Crippen LogP contribution is -2.06. The van der Waals surface area contributed by atoms with E-state index in [1.807, 2.05) is 6.07 Å². The lowest BCUT2D eigenvalue weighted by Gasteiger charge is -2.10. The van der Waals surface area contributed by atoms with Crippen LogP contribution in [0.2, 0.25) is 0 Å². The first-order valence-electron chi connectivity index (χ1n) is 8.69. The van der Waals surface area contributed by atoms with Crippen molar-refractivity contribution in [2.45, 2.75) is 13.8 Å². The Bertz CT molecular complexity index is 1200. The molecule has 1 aromatic heterocycles. The molecule has 2 aromatic carbocycles. The standard InChI is InChI=1S/C22H16FN3O3/c1-14-11-18(15(2)25(14)21-10-6-4-8-19(21)23)22(27)17(13-24)12-16-7-3-5-9-20(16)26(28)29/h3-12H,1-2H3. The maximum absolute atomic E-state index is 14.2. The minimum absolute atomic E-state index is 0.158. The predicted octanol–water partition coefficient (Wildman–Crippen LogP) is 4.93. The van der Waals surface area contributed by atoms with Crippen molar-refractivity contribution >= 4 is 17.5 Å². The largest absolute Gasteiger partial charge is 0.315 e. The van der Waals surface area contributed by atoms with Gasteiger partial charge in [0.1, 0.15) is 17.5 Å². The van der Waals surface area contributed by atoms with Crippen LogP contribution in [0.15, 0.2) is 60.2 Å². The van der Waals surface area contributed by atoms with Gasteiger partial charge in [0.15, 0.2) is 0 Å². The molecular formula is C22H16FN3O3. The van der Waals surface area contributed by atoms with Gasteiger partial charge < -0.3 is 4.57 Å². The molecule has 0 atom stereocenters. The van der Waals surface area contributed by atoms with Crippen LogP contribution >= 0.6 is 0 Å². The number of allylic oxidation sites excluding steroid dienone is 1. The number of ketones is 1. The summed E-state index contributed by atoms with van der Waals surface area (Å²) < 4.78 is 15.8. The zero-order valence-corrected chi connectivity index (χ0v) is 15.7. The number of hydrogen-bond donors (Lipinski definition) is 0. The number of hydrogen-bond acceptors (Lipinski definition) is 4. The zero-order chi connectivity index (χ0) is 21.1. The Kier molecular flexibility index (Phi) is 5.37. The minimum atomic E-state index is -0.582. The van der Waals surface area contributed by atoms with Gasteiger partial charge in [-0.15, -0.1) is 0 Å². The minimum Gasteiger partial charge on any atom is -0.315 e. The van der Waals surface area contributed by atoms with E-state index in [1.165, 1.54) is 30.3 Å². The first-order valence-corrected chi connectivity index (χ1v) is 8.69. The van der Waals surface area contributed by atoms with Gasteiger partial charge in [0, 0.05) is 23.0 Å². The highest BCUT2D eigenvalue weighted by atomic mass is 19.1. The average Bonchev–Trinajstić information content (AvgIpc) is 3.00. The predicted molar refractivity (Wildman–Crippen MR) is 106 cm³/mol. The van der Waals surface area contributed by atoms with Crippen LogP contribution in [-0.4, -0.2) is 15.3 Å². The number of benzene rings is 2. The number of rotatable bonds is 5. The number of nitro groups is 1. The zero-order valence-electron chi connectivity index (χ0n) is 15.7. The van der Waals surface area contributed by atoms with E-state index >= 15 is 0 Å². The lowest BCUT2D eigenvalue weighted by molar-refractivity contribution is -0.385. The summed E-state index contributed by atoms with van der Waals surface area (Å²) in [5.41, 5.74) is 1.34. The van der Waals surface area contributed by atoms with Gasteiger partial charge in [0.05, 0.1) is 16.2 Å². The van der Waals surface area contributed by atoms with Crippen molar-refractivity contribution in [3.63, 3.8) is 0 Å². The highest BCUT2D eigenvalue weighted by molar-refractivity contribution is 6.15. The molecule has 0 unspecified atom stereocenters. The molecule has 3 aromatic rings. The van der Waals surface area contributed by atoms with Gasteiger partial charge >= 0.3 is 0 Å². The van der Waals surface area contributed by atoms with Crippen LogP contribution < -0.4 is 0 Å². The first-order chi connectivity index (χ1) is 13.8. The average molecular weight is 389 g/mol. The Morgan fingerprint density at radius 3 is 2.48 bits per heavy atom.